The fourth-order valence-electron chi connectivity index (χ4n) is 3.11. The maximum Gasteiger partial charge on any atom is 0.264 e. The summed E-state index contributed by atoms with van der Waals surface area (Å²) in [5.74, 6) is -0.344. The van der Waals surface area contributed by atoms with Gasteiger partial charge < -0.3 is 4.90 Å². The molecule has 0 fully saturated rings. The topological polar surface area (TPSA) is 57.7 Å². The molecule has 0 aliphatic carbocycles. The number of anilines is 1. The van der Waals surface area contributed by atoms with Crippen molar-refractivity contribution in [2.75, 3.05) is 17.9 Å². The Hall–Kier alpha value is -2.54. The van der Waals surface area contributed by atoms with Gasteiger partial charge in [-0.1, -0.05) is 53.5 Å². The van der Waals surface area contributed by atoms with Crippen LogP contribution in [0.4, 0.5) is 5.69 Å². The molecule has 0 spiro atoms. The minimum Gasteiger partial charge on any atom is -0.340 e. The van der Waals surface area contributed by atoms with Gasteiger partial charge in [-0.05, 0) is 60.5 Å². The van der Waals surface area contributed by atoms with E-state index < -0.39 is 10.0 Å². The minimum atomic E-state index is -3.97. The summed E-state index contributed by atoms with van der Waals surface area (Å²) in [4.78, 5) is 14.6. The van der Waals surface area contributed by atoms with Crippen LogP contribution in [0.15, 0.2) is 77.7 Å². The molecule has 162 valence electrons. The molecule has 0 bridgehead atoms. The molecule has 5 nitrogen and oxygen atoms in total. The first-order valence-corrected chi connectivity index (χ1v) is 11.7. The van der Waals surface area contributed by atoms with Crippen LogP contribution >= 0.6 is 23.2 Å². The third kappa shape index (κ3) is 5.58. The molecule has 0 heterocycles. The fraction of sp³-hybridized carbons (Fsp3) is 0.174. The van der Waals surface area contributed by atoms with Gasteiger partial charge in [0.15, 0.2) is 0 Å². The van der Waals surface area contributed by atoms with Gasteiger partial charge in [-0.15, -0.1) is 0 Å². The first-order valence-electron chi connectivity index (χ1n) is 9.51. The highest BCUT2D eigenvalue weighted by Gasteiger charge is 2.29. The quantitative estimate of drug-likeness (QED) is 0.473. The van der Waals surface area contributed by atoms with Gasteiger partial charge in [-0.2, -0.15) is 0 Å². The van der Waals surface area contributed by atoms with Crippen LogP contribution in [0.3, 0.4) is 0 Å². The lowest BCUT2D eigenvalue weighted by Gasteiger charge is -2.28. The molecule has 0 aromatic heterocycles. The van der Waals surface area contributed by atoms with Crippen molar-refractivity contribution in [1.82, 2.24) is 4.90 Å². The van der Waals surface area contributed by atoms with Crippen molar-refractivity contribution in [3.8, 4) is 0 Å². The van der Waals surface area contributed by atoms with E-state index in [1.165, 1.54) is 17.0 Å². The second-order valence-electron chi connectivity index (χ2n) is 7.13. The molecule has 0 unspecified atom stereocenters. The van der Waals surface area contributed by atoms with Crippen LogP contribution in [0.5, 0.6) is 0 Å². The van der Waals surface area contributed by atoms with Gasteiger partial charge in [-0.3, -0.25) is 9.10 Å². The highest BCUT2D eigenvalue weighted by molar-refractivity contribution is 7.92. The van der Waals surface area contributed by atoms with Gasteiger partial charge in [0.05, 0.1) is 10.6 Å². The number of aryl methyl sites for hydroxylation is 1. The Kier molecular flexibility index (Phi) is 7.26. The number of halogens is 2. The number of nitrogens with zero attached hydrogens (tertiary/aromatic N) is 2. The molecule has 0 saturated carbocycles. The smallest absolute Gasteiger partial charge is 0.264 e. The van der Waals surface area contributed by atoms with Gasteiger partial charge in [0.2, 0.25) is 5.91 Å². The Morgan fingerprint density at radius 2 is 1.52 bits per heavy atom. The van der Waals surface area contributed by atoms with Crippen LogP contribution in [-0.2, 0) is 21.4 Å². The number of carbonyl (C=O) groups excluding carboxylic acids is 1. The van der Waals surface area contributed by atoms with E-state index in [2.05, 4.69) is 0 Å². The molecule has 0 aliphatic heterocycles. The Morgan fingerprint density at radius 3 is 2.13 bits per heavy atom. The Labute approximate surface area is 192 Å². The summed E-state index contributed by atoms with van der Waals surface area (Å²) in [6.07, 6.45) is 0. The predicted molar refractivity (Wildman–Crippen MR) is 125 cm³/mol. The summed E-state index contributed by atoms with van der Waals surface area (Å²) in [7, 11) is -2.33. The fourth-order valence-corrected chi connectivity index (χ4v) is 4.97. The lowest BCUT2D eigenvalue weighted by molar-refractivity contribution is -0.128. The maximum absolute atomic E-state index is 13.4. The van der Waals surface area contributed by atoms with E-state index in [0.29, 0.717) is 27.8 Å². The number of hydrogen-bond donors (Lipinski definition) is 0. The molecule has 31 heavy (non-hydrogen) atoms. The van der Waals surface area contributed by atoms with Gasteiger partial charge in [0.25, 0.3) is 10.0 Å². The second-order valence-corrected chi connectivity index (χ2v) is 9.87. The van der Waals surface area contributed by atoms with Crippen LogP contribution in [0.1, 0.15) is 11.1 Å². The number of rotatable bonds is 7. The first-order chi connectivity index (χ1) is 14.7. The van der Waals surface area contributed by atoms with E-state index >= 15 is 0 Å². The van der Waals surface area contributed by atoms with E-state index in [4.69, 9.17) is 23.2 Å². The Morgan fingerprint density at radius 1 is 0.903 bits per heavy atom. The van der Waals surface area contributed by atoms with E-state index in [1.54, 1.807) is 62.5 Å². The molecular formula is C23H22Cl2N2O3S. The zero-order valence-corrected chi connectivity index (χ0v) is 19.5. The lowest BCUT2D eigenvalue weighted by Crippen LogP contribution is -2.41. The normalized spacial score (nSPS) is 11.2. The van der Waals surface area contributed by atoms with Crippen molar-refractivity contribution < 1.29 is 13.2 Å². The molecule has 3 aromatic rings. The van der Waals surface area contributed by atoms with E-state index in [0.717, 1.165) is 9.87 Å². The van der Waals surface area contributed by atoms with Crippen molar-refractivity contribution in [2.24, 2.45) is 0 Å². The van der Waals surface area contributed by atoms with Crippen molar-refractivity contribution >= 4 is 44.8 Å². The monoisotopic (exact) mass is 476 g/mol. The average Bonchev–Trinajstić information content (AvgIpc) is 2.74. The molecule has 0 atom stereocenters. The molecule has 8 heteroatoms. The molecule has 1 amide bonds. The van der Waals surface area contributed by atoms with E-state index in [1.807, 2.05) is 12.1 Å². The van der Waals surface area contributed by atoms with Crippen LogP contribution < -0.4 is 4.31 Å². The Balaban J connectivity index is 1.92. The highest BCUT2D eigenvalue weighted by atomic mass is 35.5. The van der Waals surface area contributed by atoms with Crippen LogP contribution in [0.25, 0.3) is 0 Å². The van der Waals surface area contributed by atoms with Gasteiger partial charge in [-0.25, -0.2) is 8.42 Å². The summed E-state index contributed by atoms with van der Waals surface area (Å²) < 4.78 is 28.0. The number of likely N-dealkylation sites (N-methyl/N-ethyl adjacent to an activating group) is 1. The Bertz CT molecular complexity index is 1170. The summed E-state index contributed by atoms with van der Waals surface area (Å²) in [5.41, 5.74) is 1.95. The zero-order chi connectivity index (χ0) is 22.6. The standard InChI is InChI=1S/C23H22Cl2N2O3S/c1-17-14-20(25)12-13-22(17)27(31(29,30)21-6-4-3-5-7-21)16-23(28)26(2)15-18-8-10-19(24)11-9-18/h3-14H,15-16H2,1-2H3. The molecule has 0 aliphatic rings. The molecule has 3 rings (SSSR count). The van der Waals surface area contributed by atoms with E-state index in [-0.39, 0.29) is 17.3 Å². The number of amides is 1. The van der Waals surface area contributed by atoms with Crippen molar-refractivity contribution in [1.29, 1.82) is 0 Å². The predicted octanol–water partition coefficient (Wildman–Crippen LogP) is 5.16. The molecule has 3 aromatic carbocycles. The number of carbonyl (C=O) groups is 1. The van der Waals surface area contributed by atoms with Crippen LogP contribution in [0, 0.1) is 6.92 Å². The average molecular weight is 477 g/mol. The first kappa shape index (κ1) is 23.1. The third-order valence-electron chi connectivity index (χ3n) is 4.80. The zero-order valence-electron chi connectivity index (χ0n) is 17.1. The summed E-state index contributed by atoms with van der Waals surface area (Å²) in [5, 5.41) is 1.10. The second kappa shape index (κ2) is 9.73. The summed E-state index contributed by atoms with van der Waals surface area (Å²) in [6.45, 7) is 1.75. The highest BCUT2D eigenvalue weighted by Crippen LogP contribution is 2.29. The van der Waals surface area contributed by atoms with Crippen LogP contribution in [-0.4, -0.2) is 32.8 Å². The van der Waals surface area contributed by atoms with Gasteiger partial charge in [0.1, 0.15) is 6.54 Å². The third-order valence-corrected chi connectivity index (χ3v) is 7.06. The number of benzene rings is 3. The maximum atomic E-state index is 13.4. The SMILES string of the molecule is Cc1cc(Cl)ccc1N(CC(=O)N(C)Cc1ccc(Cl)cc1)S(=O)(=O)c1ccccc1. The molecule has 0 N–H and O–H groups in total. The lowest BCUT2D eigenvalue weighted by atomic mass is 10.2. The van der Waals surface area contributed by atoms with Gasteiger partial charge >= 0.3 is 0 Å². The van der Waals surface area contributed by atoms with Crippen molar-refractivity contribution in [2.45, 2.75) is 18.4 Å². The van der Waals surface area contributed by atoms with Crippen molar-refractivity contribution in [3.05, 3.63) is 94.0 Å². The molecule has 0 saturated heterocycles. The van der Waals surface area contributed by atoms with Gasteiger partial charge in [0, 0.05) is 23.6 Å². The summed E-state index contributed by atoms with van der Waals surface area (Å²) >= 11 is 12.0. The minimum absolute atomic E-state index is 0.109. The molecular weight excluding hydrogens is 455 g/mol. The largest absolute Gasteiger partial charge is 0.340 e. The number of sulfonamides is 1. The van der Waals surface area contributed by atoms with E-state index in [9.17, 15) is 13.2 Å². The molecule has 0 radical (unpaired) electrons. The van der Waals surface area contributed by atoms with Crippen molar-refractivity contribution in [3.63, 3.8) is 0 Å². The summed E-state index contributed by atoms with van der Waals surface area (Å²) in [6, 6.07) is 20.1. The number of hydrogen-bond acceptors (Lipinski definition) is 3. The van der Waals surface area contributed by atoms with Crippen LogP contribution in [0.2, 0.25) is 10.0 Å².